The highest BCUT2D eigenvalue weighted by Gasteiger charge is 2.14. The van der Waals surface area contributed by atoms with E-state index in [1.165, 1.54) is 6.33 Å². The van der Waals surface area contributed by atoms with Gasteiger partial charge in [-0.3, -0.25) is 0 Å². The van der Waals surface area contributed by atoms with Crippen LogP contribution in [0.4, 0.5) is 0 Å². The third kappa shape index (κ3) is 2.31. The first kappa shape index (κ1) is 8.20. The molecule has 0 amide bonds. The first-order valence-corrected chi connectivity index (χ1v) is 3.56. The molecular formula is C7H13N3O. The predicted octanol–water partition coefficient (Wildman–Crippen LogP) is 0.357. The van der Waals surface area contributed by atoms with Crippen molar-refractivity contribution < 1.29 is 5.11 Å². The van der Waals surface area contributed by atoms with Crippen LogP contribution in [0.25, 0.3) is 0 Å². The number of rotatable bonds is 2. The van der Waals surface area contributed by atoms with Crippen molar-refractivity contribution in [2.45, 2.75) is 32.9 Å². The number of aromatic nitrogens is 3. The van der Waals surface area contributed by atoms with Crippen molar-refractivity contribution in [1.82, 2.24) is 14.8 Å². The normalized spacial score (nSPS) is 12.0. The Labute approximate surface area is 65.9 Å². The highest BCUT2D eigenvalue weighted by Crippen LogP contribution is 2.05. The molecule has 1 aromatic heterocycles. The number of aryl methyl sites for hydroxylation is 1. The van der Waals surface area contributed by atoms with Gasteiger partial charge in [0.1, 0.15) is 12.2 Å². The monoisotopic (exact) mass is 155 g/mol. The molecule has 0 saturated carbocycles. The van der Waals surface area contributed by atoms with Crippen molar-refractivity contribution in [3.63, 3.8) is 0 Å². The maximum absolute atomic E-state index is 9.43. The van der Waals surface area contributed by atoms with E-state index >= 15 is 0 Å². The van der Waals surface area contributed by atoms with Crippen molar-refractivity contribution in [3.05, 3.63) is 12.2 Å². The summed E-state index contributed by atoms with van der Waals surface area (Å²) in [5, 5.41) is 13.4. The Morgan fingerprint density at radius 3 is 2.64 bits per heavy atom. The van der Waals surface area contributed by atoms with Crippen LogP contribution in [-0.2, 0) is 6.54 Å². The average molecular weight is 155 g/mol. The van der Waals surface area contributed by atoms with Crippen molar-refractivity contribution in [2.24, 2.45) is 0 Å². The molecule has 4 heteroatoms. The molecule has 0 fully saturated rings. The van der Waals surface area contributed by atoms with E-state index in [1.54, 1.807) is 18.5 Å². The molecule has 0 aliphatic rings. The zero-order valence-electron chi connectivity index (χ0n) is 7.07. The standard InChI is InChI=1S/C7H13N3O/c1-6-8-5-9-10(6)4-7(2,3)11/h5,11H,4H2,1-3H3. The van der Waals surface area contributed by atoms with Gasteiger partial charge in [0.25, 0.3) is 0 Å². The Bertz CT molecular complexity index is 236. The zero-order chi connectivity index (χ0) is 8.48. The molecule has 0 radical (unpaired) electrons. The maximum atomic E-state index is 9.43. The Morgan fingerprint density at radius 2 is 2.27 bits per heavy atom. The number of aliphatic hydroxyl groups is 1. The van der Waals surface area contributed by atoms with Gasteiger partial charge in [-0.15, -0.1) is 0 Å². The lowest BCUT2D eigenvalue weighted by atomic mass is 10.1. The smallest absolute Gasteiger partial charge is 0.138 e. The van der Waals surface area contributed by atoms with E-state index < -0.39 is 5.60 Å². The molecule has 0 aromatic carbocycles. The first-order chi connectivity index (χ1) is 4.99. The molecule has 0 saturated heterocycles. The highest BCUT2D eigenvalue weighted by atomic mass is 16.3. The molecule has 0 aliphatic heterocycles. The summed E-state index contributed by atoms with van der Waals surface area (Å²) in [4.78, 5) is 3.94. The Kier molecular flexibility index (Phi) is 1.95. The fraction of sp³-hybridized carbons (Fsp3) is 0.714. The molecule has 0 atom stereocenters. The van der Waals surface area contributed by atoms with Gasteiger partial charge in [-0.2, -0.15) is 5.10 Å². The highest BCUT2D eigenvalue weighted by molar-refractivity contribution is 4.80. The lowest BCUT2D eigenvalue weighted by Gasteiger charge is -2.16. The van der Waals surface area contributed by atoms with Crippen molar-refractivity contribution >= 4 is 0 Å². The third-order valence-electron chi connectivity index (χ3n) is 1.35. The van der Waals surface area contributed by atoms with Crippen LogP contribution in [0.2, 0.25) is 0 Å². The Hall–Kier alpha value is -0.900. The molecule has 1 aromatic rings. The van der Waals surface area contributed by atoms with Crippen LogP contribution in [0.5, 0.6) is 0 Å². The molecule has 0 spiro atoms. The molecule has 1 N–H and O–H groups in total. The molecule has 1 rings (SSSR count). The van der Waals surface area contributed by atoms with Gasteiger partial charge in [0.05, 0.1) is 12.1 Å². The van der Waals surface area contributed by atoms with E-state index in [1.807, 2.05) is 6.92 Å². The minimum absolute atomic E-state index is 0.485. The Morgan fingerprint density at radius 1 is 1.64 bits per heavy atom. The van der Waals surface area contributed by atoms with Crippen LogP contribution < -0.4 is 0 Å². The van der Waals surface area contributed by atoms with E-state index in [-0.39, 0.29) is 0 Å². The summed E-state index contributed by atoms with van der Waals surface area (Å²) in [6, 6.07) is 0. The largest absolute Gasteiger partial charge is 0.389 e. The summed E-state index contributed by atoms with van der Waals surface area (Å²) in [6.45, 7) is 5.83. The second kappa shape index (κ2) is 2.62. The fourth-order valence-electron chi connectivity index (χ4n) is 0.844. The van der Waals surface area contributed by atoms with Crippen molar-refractivity contribution in [3.8, 4) is 0 Å². The average Bonchev–Trinajstić information content (AvgIpc) is 2.12. The topological polar surface area (TPSA) is 50.9 Å². The van der Waals surface area contributed by atoms with Gasteiger partial charge in [-0.05, 0) is 20.8 Å². The minimum atomic E-state index is -0.724. The van der Waals surface area contributed by atoms with Gasteiger partial charge in [0.15, 0.2) is 0 Å². The lowest BCUT2D eigenvalue weighted by Crippen LogP contribution is -2.27. The van der Waals surface area contributed by atoms with Gasteiger partial charge >= 0.3 is 0 Å². The predicted molar refractivity (Wildman–Crippen MR) is 41.1 cm³/mol. The summed E-state index contributed by atoms with van der Waals surface area (Å²) >= 11 is 0. The third-order valence-corrected chi connectivity index (χ3v) is 1.35. The zero-order valence-corrected chi connectivity index (χ0v) is 7.07. The summed E-state index contributed by atoms with van der Waals surface area (Å²) in [5.41, 5.74) is -0.724. The number of hydrogen-bond donors (Lipinski definition) is 1. The van der Waals surface area contributed by atoms with E-state index in [0.29, 0.717) is 6.54 Å². The molecule has 11 heavy (non-hydrogen) atoms. The van der Waals surface area contributed by atoms with Crippen molar-refractivity contribution in [2.75, 3.05) is 0 Å². The number of hydrogen-bond acceptors (Lipinski definition) is 3. The van der Waals surface area contributed by atoms with Gasteiger partial charge in [-0.25, -0.2) is 9.67 Å². The van der Waals surface area contributed by atoms with Crippen LogP contribution in [0.15, 0.2) is 6.33 Å². The van der Waals surface area contributed by atoms with E-state index in [9.17, 15) is 5.11 Å². The van der Waals surface area contributed by atoms with Crippen LogP contribution in [0, 0.1) is 6.92 Å². The van der Waals surface area contributed by atoms with Gasteiger partial charge < -0.3 is 5.11 Å². The molecule has 4 nitrogen and oxygen atoms in total. The molecule has 0 unspecified atom stereocenters. The van der Waals surface area contributed by atoms with E-state index in [4.69, 9.17) is 0 Å². The summed E-state index contributed by atoms with van der Waals surface area (Å²) in [7, 11) is 0. The van der Waals surface area contributed by atoms with Crippen LogP contribution >= 0.6 is 0 Å². The summed E-state index contributed by atoms with van der Waals surface area (Å²) in [5.74, 6) is 0.826. The second-order valence-electron chi connectivity index (χ2n) is 3.28. The van der Waals surface area contributed by atoms with E-state index in [0.717, 1.165) is 5.82 Å². The van der Waals surface area contributed by atoms with Crippen molar-refractivity contribution in [1.29, 1.82) is 0 Å². The second-order valence-corrected chi connectivity index (χ2v) is 3.28. The fourth-order valence-corrected chi connectivity index (χ4v) is 0.844. The molecule has 0 bridgehead atoms. The Balaban J connectivity index is 2.72. The molecular weight excluding hydrogens is 142 g/mol. The number of nitrogens with zero attached hydrogens (tertiary/aromatic N) is 3. The van der Waals surface area contributed by atoms with Gasteiger partial charge in [-0.1, -0.05) is 0 Å². The van der Waals surface area contributed by atoms with Crippen LogP contribution in [0.1, 0.15) is 19.7 Å². The van der Waals surface area contributed by atoms with E-state index in [2.05, 4.69) is 10.1 Å². The van der Waals surface area contributed by atoms with Crippen LogP contribution in [-0.4, -0.2) is 25.5 Å². The minimum Gasteiger partial charge on any atom is -0.389 e. The van der Waals surface area contributed by atoms with Gasteiger partial charge in [0.2, 0.25) is 0 Å². The molecule has 1 heterocycles. The summed E-state index contributed by atoms with van der Waals surface area (Å²) in [6.07, 6.45) is 1.49. The molecule has 62 valence electrons. The quantitative estimate of drug-likeness (QED) is 0.670. The maximum Gasteiger partial charge on any atom is 0.138 e. The first-order valence-electron chi connectivity index (χ1n) is 3.56. The molecule has 0 aliphatic carbocycles. The lowest BCUT2D eigenvalue weighted by molar-refractivity contribution is 0.0569. The van der Waals surface area contributed by atoms with Crippen LogP contribution in [0.3, 0.4) is 0 Å². The van der Waals surface area contributed by atoms with Gasteiger partial charge in [0, 0.05) is 0 Å². The summed E-state index contributed by atoms with van der Waals surface area (Å²) < 4.78 is 1.68. The SMILES string of the molecule is Cc1ncnn1CC(C)(C)O.